The molecule has 5 heteroatoms. The summed E-state index contributed by atoms with van der Waals surface area (Å²) in [5.41, 5.74) is 0.486. The van der Waals surface area contributed by atoms with Crippen LogP contribution >= 0.6 is 11.6 Å². The Bertz CT molecular complexity index is 631. The van der Waals surface area contributed by atoms with E-state index < -0.39 is 17.4 Å². The summed E-state index contributed by atoms with van der Waals surface area (Å²) in [7, 11) is 0. The molecule has 2 rings (SSSR count). The average Bonchev–Trinajstić information content (AvgIpc) is 2.31. The van der Waals surface area contributed by atoms with Crippen LogP contribution in [0.25, 0.3) is 11.1 Å². The largest absolute Gasteiger partial charge is 0.505 e. The highest BCUT2D eigenvalue weighted by Gasteiger charge is 2.12. The number of halogens is 1. The normalized spacial score (nSPS) is 11.0. The molecule has 0 saturated carbocycles. The topological polar surface area (TPSA) is 70.4 Å². The van der Waals surface area contributed by atoms with Gasteiger partial charge in [0.2, 0.25) is 0 Å². The summed E-state index contributed by atoms with van der Waals surface area (Å²) in [6.45, 7) is 0. The number of hydrogen-bond acceptors (Lipinski definition) is 3. The van der Waals surface area contributed by atoms with Crippen molar-refractivity contribution in [1.29, 1.82) is 0 Å². The molecule has 0 unspecified atom stereocenters. The molecule has 2 N–H and O–H groups in total. The summed E-state index contributed by atoms with van der Waals surface area (Å²) >= 11 is 5.83. The van der Waals surface area contributed by atoms with Crippen molar-refractivity contribution in [2.75, 3.05) is 0 Å². The molecule has 0 fully saturated rings. The van der Waals surface area contributed by atoms with E-state index in [1.807, 2.05) is 0 Å². The summed E-state index contributed by atoms with van der Waals surface area (Å²) in [6, 6.07) is 6.11. The first kappa shape index (κ1) is 10.1. The van der Waals surface area contributed by atoms with Crippen molar-refractivity contribution in [3.8, 4) is 16.9 Å². The molecule has 0 radical (unpaired) electrons. The molecular formula is C12H8ClNO3. The number of aromatic carboxylic acids is 1. The van der Waals surface area contributed by atoms with Crippen molar-refractivity contribution in [1.82, 2.24) is 4.98 Å². The van der Waals surface area contributed by atoms with Gasteiger partial charge in [0.05, 0.1) is 1.37 Å². The third-order valence-electron chi connectivity index (χ3n) is 2.14. The maximum atomic E-state index is 10.7. The summed E-state index contributed by atoms with van der Waals surface area (Å²) < 4.78 is 7.73. The van der Waals surface area contributed by atoms with Crippen molar-refractivity contribution in [2.24, 2.45) is 0 Å². The number of benzene rings is 1. The number of aromatic nitrogens is 1. The smallest absolute Gasteiger partial charge is 0.358 e. The highest BCUT2D eigenvalue weighted by Crippen LogP contribution is 2.26. The Balaban J connectivity index is 2.55. The fourth-order valence-electron chi connectivity index (χ4n) is 1.37. The predicted octanol–water partition coefficient (Wildman–Crippen LogP) is 2.81. The zero-order chi connectivity index (χ0) is 13.3. The first-order chi connectivity index (χ1) is 8.49. The number of carboxylic acids is 1. The van der Waals surface area contributed by atoms with Gasteiger partial charge in [0.1, 0.15) is 5.75 Å². The Morgan fingerprint density at radius 2 is 2.18 bits per heavy atom. The third-order valence-corrected chi connectivity index (χ3v) is 2.38. The Labute approximate surface area is 104 Å². The van der Waals surface area contributed by atoms with E-state index in [9.17, 15) is 9.90 Å². The highest BCUT2D eigenvalue weighted by atomic mass is 35.5. The molecule has 0 aliphatic rings. The van der Waals surface area contributed by atoms with Gasteiger partial charge in [-0.05, 0) is 23.8 Å². The minimum atomic E-state index is -1.31. The van der Waals surface area contributed by atoms with Crippen molar-refractivity contribution in [3.05, 3.63) is 47.2 Å². The molecule has 0 saturated heterocycles. The lowest BCUT2D eigenvalue weighted by atomic mass is 10.1. The van der Waals surface area contributed by atoms with Crippen LogP contribution in [-0.2, 0) is 0 Å². The van der Waals surface area contributed by atoms with Crippen molar-refractivity contribution >= 4 is 17.6 Å². The van der Waals surface area contributed by atoms with Gasteiger partial charge in [0.15, 0.2) is 5.69 Å². The van der Waals surface area contributed by atoms with Gasteiger partial charge < -0.3 is 10.2 Å². The average molecular weight is 251 g/mol. The van der Waals surface area contributed by atoms with Gasteiger partial charge in [0, 0.05) is 16.8 Å². The van der Waals surface area contributed by atoms with Crippen LogP contribution in [0.2, 0.25) is 5.02 Å². The number of aromatic hydroxyl groups is 1. The van der Waals surface area contributed by atoms with E-state index in [-0.39, 0.29) is 6.04 Å². The number of hydrogen-bond donors (Lipinski definition) is 2. The maximum absolute atomic E-state index is 10.7. The third kappa shape index (κ3) is 2.37. The Kier molecular flexibility index (Phi) is 2.63. The molecule has 4 nitrogen and oxygen atoms in total. The molecule has 1 aromatic carbocycles. The van der Waals surface area contributed by atoms with Gasteiger partial charge in [-0.2, -0.15) is 0 Å². The lowest BCUT2D eigenvalue weighted by molar-refractivity contribution is 0.0687. The molecule has 0 amide bonds. The SMILES string of the molecule is [2H]c1ccc(Cl)cc1-c1cnc(C(=O)O)c(O)c1. The number of rotatable bonds is 2. The molecule has 17 heavy (non-hydrogen) atoms. The van der Waals surface area contributed by atoms with E-state index in [4.69, 9.17) is 18.1 Å². The Morgan fingerprint density at radius 3 is 2.82 bits per heavy atom. The van der Waals surface area contributed by atoms with E-state index >= 15 is 0 Å². The number of carbonyl (C=O) groups is 1. The highest BCUT2D eigenvalue weighted by molar-refractivity contribution is 6.30. The van der Waals surface area contributed by atoms with Crippen LogP contribution < -0.4 is 0 Å². The molecule has 1 heterocycles. The van der Waals surface area contributed by atoms with Gasteiger partial charge in [-0.15, -0.1) is 0 Å². The number of pyridine rings is 1. The van der Waals surface area contributed by atoms with Gasteiger partial charge in [-0.1, -0.05) is 23.7 Å². The van der Waals surface area contributed by atoms with Crippen LogP contribution in [0.1, 0.15) is 11.9 Å². The molecule has 0 spiro atoms. The molecule has 0 aliphatic carbocycles. The van der Waals surface area contributed by atoms with E-state index in [0.29, 0.717) is 16.1 Å². The van der Waals surface area contributed by atoms with Gasteiger partial charge in [0.25, 0.3) is 0 Å². The van der Waals surface area contributed by atoms with E-state index in [1.54, 1.807) is 12.1 Å². The van der Waals surface area contributed by atoms with Crippen LogP contribution in [0.15, 0.2) is 36.5 Å². The molecule has 0 bridgehead atoms. The van der Waals surface area contributed by atoms with Gasteiger partial charge >= 0.3 is 5.97 Å². The lowest BCUT2D eigenvalue weighted by Crippen LogP contribution is -2.00. The molecule has 0 aliphatic heterocycles. The van der Waals surface area contributed by atoms with Crippen molar-refractivity contribution < 1.29 is 16.4 Å². The minimum Gasteiger partial charge on any atom is -0.505 e. The standard InChI is InChI=1S/C12H8ClNO3/c13-9-3-1-2-7(4-9)8-5-10(15)11(12(16)17)14-6-8/h1-6,15H,(H,16,17)/i2D. The van der Waals surface area contributed by atoms with E-state index in [0.717, 1.165) is 0 Å². The van der Waals surface area contributed by atoms with Crippen LogP contribution in [0, 0.1) is 0 Å². The zero-order valence-electron chi connectivity index (χ0n) is 9.51. The van der Waals surface area contributed by atoms with Crippen LogP contribution in [0.5, 0.6) is 5.75 Å². The van der Waals surface area contributed by atoms with Crippen molar-refractivity contribution in [3.63, 3.8) is 0 Å². The van der Waals surface area contributed by atoms with Crippen LogP contribution in [0.3, 0.4) is 0 Å². The molecule has 86 valence electrons. The molecule has 2 aromatic rings. The molecular weight excluding hydrogens is 242 g/mol. The van der Waals surface area contributed by atoms with Crippen LogP contribution in [0.4, 0.5) is 0 Å². The lowest BCUT2D eigenvalue weighted by Gasteiger charge is -2.04. The van der Waals surface area contributed by atoms with Crippen LogP contribution in [-0.4, -0.2) is 21.2 Å². The fraction of sp³-hybridized carbons (Fsp3) is 0. The molecule has 1 aromatic heterocycles. The summed E-state index contributed by atoms with van der Waals surface area (Å²) in [6.07, 6.45) is 1.28. The van der Waals surface area contributed by atoms with Crippen molar-refractivity contribution in [2.45, 2.75) is 0 Å². The quantitative estimate of drug-likeness (QED) is 0.860. The number of carboxylic acid groups (broad SMARTS) is 1. The Morgan fingerprint density at radius 1 is 1.41 bits per heavy atom. The molecule has 0 atom stereocenters. The predicted molar refractivity (Wildman–Crippen MR) is 63.3 cm³/mol. The second-order valence-corrected chi connectivity index (χ2v) is 3.75. The second kappa shape index (κ2) is 4.43. The summed E-state index contributed by atoms with van der Waals surface area (Å²) in [5.74, 6) is -1.75. The number of nitrogens with zero attached hydrogens (tertiary/aromatic N) is 1. The monoisotopic (exact) mass is 250 g/mol. The van der Waals surface area contributed by atoms with Gasteiger partial charge in [-0.3, -0.25) is 0 Å². The fourth-order valence-corrected chi connectivity index (χ4v) is 1.54. The van der Waals surface area contributed by atoms with E-state index in [1.165, 1.54) is 18.3 Å². The summed E-state index contributed by atoms with van der Waals surface area (Å²) in [5, 5.41) is 18.7. The second-order valence-electron chi connectivity index (χ2n) is 3.32. The van der Waals surface area contributed by atoms with E-state index in [2.05, 4.69) is 4.98 Å². The zero-order valence-corrected chi connectivity index (χ0v) is 9.27. The first-order valence-electron chi connectivity index (χ1n) is 5.18. The maximum Gasteiger partial charge on any atom is 0.358 e. The van der Waals surface area contributed by atoms with Gasteiger partial charge in [-0.25, -0.2) is 9.78 Å². The summed E-state index contributed by atoms with van der Waals surface area (Å²) in [4.78, 5) is 14.4. The first-order valence-corrected chi connectivity index (χ1v) is 5.05. The Hall–Kier alpha value is -2.07. The minimum absolute atomic E-state index is 0.212.